The number of amides is 1. The Labute approximate surface area is 108 Å². The van der Waals surface area contributed by atoms with Crippen LogP contribution in [0, 0.1) is 0 Å². The zero-order valence-electron chi connectivity index (χ0n) is 10.9. The van der Waals surface area contributed by atoms with Crippen LogP contribution in [0.25, 0.3) is 0 Å². The summed E-state index contributed by atoms with van der Waals surface area (Å²) in [6.07, 6.45) is 3.17. The first-order valence-corrected chi connectivity index (χ1v) is 6.56. The molecule has 18 heavy (non-hydrogen) atoms. The van der Waals surface area contributed by atoms with Gasteiger partial charge in [0.1, 0.15) is 5.75 Å². The normalized spacial score (nSPS) is 15.6. The van der Waals surface area contributed by atoms with Gasteiger partial charge in [0, 0.05) is 12.8 Å². The van der Waals surface area contributed by atoms with Gasteiger partial charge < -0.3 is 15.0 Å². The molecule has 0 unspecified atom stereocenters. The SMILES string of the molecule is COc1ccccc1NC(=O)CC[NH+]1CCCC1. The minimum absolute atomic E-state index is 0.0684. The third-order valence-electron chi connectivity index (χ3n) is 3.40. The second-order valence-electron chi connectivity index (χ2n) is 4.71. The van der Waals surface area contributed by atoms with Crippen molar-refractivity contribution >= 4 is 11.6 Å². The zero-order valence-corrected chi connectivity index (χ0v) is 10.9. The van der Waals surface area contributed by atoms with Crippen LogP contribution in [-0.2, 0) is 4.79 Å². The Bertz CT molecular complexity index is 401. The van der Waals surface area contributed by atoms with Gasteiger partial charge in [-0.15, -0.1) is 0 Å². The van der Waals surface area contributed by atoms with Gasteiger partial charge in [0.15, 0.2) is 0 Å². The fourth-order valence-electron chi connectivity index (χ4n) is 2.38. The van der Waals surface area contributed by atoms with Crippen molar-refractivity contribution in [3.05, 3.63) is 24.3 Å². The Morgan fingerprint density at radius 1 is 1.33 bits per heavy atom. The van der Waals surface area contributed by atoms with Gasteiger partial charge in [-0.05, 0) is 12.1 Å². The Balaban J connectivity index is 1.82. The Kier molecular flexibility index (Phi) is 4.59. The predicted molar refractivity (Wildman–Crippen MR) is 71.0 cm³/mol. The third kappa shape index (κ3) is 3.47. The minimum Gasteiger partial charge on any atom is -0.495 e. The molecule has 1 fully saturated rings. The first-order chi connectivity index (χ1) is 8.79. The van der Waals surface area contributed by atoms with E-state index in [0.29, 0.717) is 12.2 Å². The van der Waals surface area contributed by atoms with Crippen molar-refractivity contribution in [1.82, 2.24) is 0 Å². The van der Waals surface area contributed by atoms with Crippen LogP contribution in [0.1, 0.15) is 19.3 Å². The summed E-state index contributed by atoms with van der Waals surface area (Å²) in [6, 6.07) is 7.49. The summed E-state index contributed by atoms with van der Waals surface area (Å²) in [4.78, 5) is 13.4. The molecule has 1 aromatic rings. The molecule has 0 bridgehead atoms. The van der Waals surface area contributed by atoms with Gasteiger partial charge in [-0.1, -0.05) is 12.1 Å². The van der Waals surface area contributed by atoms with E-state index in [1.54, 1.807) is 12.0 Å². The van der Waals surface area contributed by atoms with Crippen LogP contribution in [0.2, 0.25) is 0 Å². The van der Waals surface area contributed by atoms with Gasteiger partial charge in [-0.3, -0.25) is 4.79 Å². The van der Waals surface area contributed by atoms with E-state index in [0.717, 1.165) is 12.2 Å². The van der Waals surface area contributed by atoms with E-state index in [9.17, 15) is 4.79 Å². The van der Waals surface area contributed by atoms with Crippen LogP contribution < -0.4 is 15.0 Å². The molecule has 1 heterocycles. The molecule has 98 valence electrons. The maximum absolute atomic E-state index is 11.9. The number of nitrogens with one attached hydrogen (secondary N) is 2. The second-order valence-corrected chi connectivity index (χ2v) is 4.71. The summed E-state index contributed by atoms with van der Waals surface area (Å²) in [5, 5.41) is 2.91. The van der Waals surface area contributed by atoms with Crippen molar-refractivity contribution in [2.24, 2.45) is 0 Å². The lowest BCUT2D eigenvalue weighted by Crippen LogP contribution is -3.10. The van der Waals surface area contributed by atoms with E-state index < -0.39 is 0 Å². The van der Waals surface area contributed by atoms with Gasteiger partial charge >= 0.3 is 0 Å². The minimum atomic E-state index is 0.0684. The molecule has 0 aromatic heterocycles. The number of benzene rings is 1. The fourth-order valence-corrected chi connectivity index (χ4v) is 2.38. The van der Waals surface area contributed by atoms with E-state index in [1.807, 2.05) is 24.3 Å². The molecule has 1 aliphatic rings. The average molecular weight is 249 g/mol. The smallest absolute Gasteiger partial charge is 0.230 e. The number of carbonyl (C=O) groups excluding carboxylic acids is 1. The first kappa shape index (κ1) is 12.9. The first-order valence-electron chi connectivity index (χ1n) is 6.56. The maximum Gasteiger partial charge on any atom is 0.230 e. The zero-order chi connectivity index (χ0) is 12.8. The number of anilines is 1. The number of likely N-dealkylation sites (tertiary alicyclic amines) is 1. The van der Waals surface area contributed by atoms with Gasteiger partial charge in [0.25, 0.3) is 0 Å². The van der Waals surface area contributed by atoms with Crippen LogP contribution >= 0.6 is 0 Å². The van der Waals surface area contributed by atoms with Crippen LogP contribution in [-0.4, -0.2) is 32.7 Å². The van der Waals surface area contributed by atoms with Crippen molar-refractivity contribution in [3.63, 3.8) is 0 Å². The number of quaternary nitrogens is 1. The fraction of sp³-hybridized carbons (Fsp3) is 0.500. The van der Waals surface area contributed by atoms with Crippen molar-refractivity contribution in [3.8, 4) is 5.75 Å². The molecule has 4 heteroatoms. The molecule has 2 N–H and O–H groups in total. The Hall–Kier alpha value is -1.55. The number of methoxy groups -OCH3 is 1. The molecule has 0 aliphatic carbocycles. The van der Waals surface area contributed by atoms with E-state index >= 15 is 0 Å². The Morgan fingerprint density at radius 2 is 2.06 bits per heavy atom. The molecule has 1 amide bonds. The standard InChI is InChI=1S/C14H20N2O2/c1-18-13-7-3-2-6-12(13)15-14(17)8-11-16-9-4-5-10-16/h2-3,6-7H,4-5,8-11H2,1H3,(H,15,17)/p+1. The van der Waals surface area contributed by atoms with Gasteiger partial charge in [0.05, 0.1) is 38.9 Å². The highest BCUT2D eigenvalue weighted by Gasteiger charge is 2.16. The summed E-state index contributed by atoms with van der Waals surface area (Å²) in [6.45, 7) is 3.35. The number of hydrogen-bond acceptors (Lipinski definition) is 2. The summed E-state index contributed by atoms with van der Waals surface area (Å²) >= 11 is 0. The third-order valence-corrected chi connectivity index (χ3v) is 3.40. The maximum atomic E-state index is 11.9. The lowest BCUT2D eigenvalue weighted by Gasteiger charge is -2.13. The largest absolute Gasteiger partial charge is 0.495 e. The van der Waals surface area contributed by atoms with Crippen LogP contribution in [0.4, 0.5) is 5.69 Å². The monoisotopic (exact) mass is 249 g/mol. The molecule has 1 saturated heterocycles. The van der Waals surface area contributed by atoms with Crippen molar-refractivity contribution in [1.29, 1.82) is 0 Å². The van der Waals surface area contributed by atoms with Crippen molar-refractivity contribution in [2.75, 3.05) is 32.1 Å². The van der Waals surface area contributed by atoms with E-state index in [2.05, 4.69) is 5.32 Å². The lowest BCUT2D eigenvalue weighted by molar-refractivity contribution is -0.886. The molecule has 1 aliphatic heterocycles. The molecule has 0 radical (unpaired) electrons. The average Bonchev–Trinajstić information content (AvgIpc) is 2.90. The summed E-state index contributed by atoms with van der Waals surface area (Å²) in [5.74, 6) is 0.776. The predicted octanol–water partition coefficient (Wildman–Crippen LogP) is 0.702. The number of carbonyl (C=O) groups is 1. The lowest BCUT2D eigenvalue weighted by atomic mass is 10.2. The van der Waals surface area contributed by atoms with Crippen molar-refractivity contribution in [2.45, 2.75) is 19.3 Å². The molecule has 1 aromatic carbocycles. The van der Waals surface area contributed by atoms with Crippen molar-refractivity contribution < 1.29 is 14.4 Å². The number of para-hydroxylation sites is 2. The summed E-state index contributed by atoms with van der Waals surface area (Å²) < 4.78 is 5.20. The molecule has 0 spiro atoms. The topological polar surface area (TPSA) is 42.8 Å². The van der Waals surface area contributed by atoms with Gasteiger partial charge in [-0.25, -0.2) is 0 Å². The molecule has 2 rings (SSSR count). The Morgan fingerprint density at radius 3 is 2.78 bits per heavy atom. The van der Waals surface area contributed by atoms with E-state index in [-0.39, 0.29) is 5.91 Å². The molecular weight excluding hydrogens is 228 g/mol. The molecule has 0 saturated carbocycles. The van der Waals surface area contributed by atoms with Crippen LogP contribution in [0.5, 0.6) is 5.75 Å². The van der Waals surface area contributed by atoms with E-state index in [1.165, 1.54) is 25.9 Å². The van der Waals surface area contributed by atoms with Crippen LogP contribution in [0.3, 0.4) is 0 Å². The van der Waals surface area contributed by atoms with Gasteiger partial charge in [-0.2, -0.15) is 0 Å². The number of rotatable bonds is 5. The quantitative estimate of drug-likeness (QED) is 0.807. The highest BCUT2D eigenvalue weighted by atomic mass is 16.5. The van der Waals surface area contributed by atoms with E-state index in [4.69, 9.17) is 4.74 Å². The number of hydrogen-bond donors (Lipinski definition) is 2. The summed E-state index contributed by atoms with van der Waals surface area (Å²) in [5.41, 5.74) is 0.751. The molecule has 0 atom stereocenters. The summed E-state index contributed by atoms with van der Waals surface area (Å²) in [7, 11) is 1.61. The second kappa shape index (κ2) is 6.40. The number of ether oxygens (including phenoxy) is 1. The highest BCUT2D eigenvalue weighted by Crippen LogP contribution is 2.22. The highest BCUT2D eigenvalue weighted by molar-refractivity contribution is 5.92. The molecular formula is C14H21N2O2+. The van der Waals surface area contributed by atoms with Gasteiger partial charge in [0.2, 0.25) is 5.91 Å². The van der Waals surface area contributed by atoms with Crippen LogP contribution in [0.15, 0.2) is 24.3 Å². The molecule has 4 nitrogen and oxygen atoms in total.